The maximum Gasteiger partial charge on any atom is 0.101 e. The molecule has 1 aromatic heterocycles. The van der Waals surface area contributed by atoms with Crippen LogP contribution in [0.1, 0.15) is 16.8 Å². The molecule has 20 heavy (non-hydrogen) atoms. The zero-order chi connectivity index (χ0) is 14.4. The summed E-state index contributed by atoms with van der Waals surface area (Å²) in [6, 6.07) is 14.1. The molecule has 0 unspecified atom stereocenters. The van der Waals surface area contributed by atoms with Gasteiger partial charge in [0, 0.05) is 19.8 Å². The first kappa shape index (κ1) is 14.0. The summed E-state index contributed by atoms with van der Waals surface area (Å²) in [5.41, 5.74) is 3.71. The monoisotopic (exact) mass is 266 g/mol. The smallest absolute Gasteiger partial charge is 0.101 e. The molecule has 102 valence electrons. The van der Waals surface area contributed by atoms with E-state index in [4.69, 9.17) is 0 Å². The van der Waals surface area contributed by atoms with Crippen molar-refractivity contribution < 1.29 is 0 Å². The van der Waals surface area contributed by atoms with E-state index in [2.05, 4.69) is 16.4 Å². The Morgan fingerprint density at radius 1 is 1.30 bits per heavy atom. The van der Waals surface area contributed by atoms with Gasteiger partial charge < -0.3 is 10.2 Å². The Morgan fingerprint density at radius 3 is 2.80 bits per heavy atom. The van der Waals surface area contributed by atoms with Crippen LogP contribution in [0.5, 0.6) is 0 Å². The first-order chi connectivity index (χ1) is 9.74. The molecule has 0 fully saturated rings. The van der Waals surface area contributed by atoms with Crippen LogP contribution in [0.3, 0.4) is 0 Å². The topological polar surface area (TPSA) is 52.0 Å². The lowest BCUT2D eigenvalue weighted by atomic mass is 10.1. The first-order valence-corrected chi connectivity index (χ1v) is 6.53. The molecule has 0 atom stereocenters. The van der Waals surface area contributed by atoms with Gasteiger partial charge in [-0.25, -0.2) is 0 Å². The number of anilines is 1. The van der Waals surface area contributed by atoms with Crippen LogP contribution in [0.15, 0.2) is 42.6 Å². The Labute approximate surface area is 119 Å². The van der Waals surface area contributed by atoms with Crippen LogP contribution in [0, 0.1) is 11.3 Å². The number of nitrogens with zero attached hydrogens (tertiary/aromatic N) is 3. The second-order valence-electron chi connectivity index (χ2n) is 4.67. The third kappa shape index (κ3) is 3.34. The lowest BCUT2D eigenvalue weighted by molar-refractivity contribution is 0.816. The summed E-state index contributed by atoms with van der Waals surface area (Å²) in [6.07, 6.45) is 1.78. The van der Waals surface area contributed by atoms with Gasteiger partial charge in [-0.1, -0.05) is 12.1 Å². The number of aromatic nitrogens is 1. The van der Waals surface area contributed by atoms with Crippen molar-refractivity contribution in [3.05, 3.63) is 59.4 Å². The quantitative estimate of drug-likeness (QED) is 0.902. The number of rotatable bonds is 5. The Bertz CT molecular complexity index is 602. The van der Waals surface area contributed by atoms with Crippen LogP contribution in [-0.4, -0.2) is 19.1 Å². The molecule has 4 heteroatoms. The van der Waals surface area contributed by atoms with E-state index >= 15 is 0 Å². The van der Waals surface area contributed by atoms with Crippen molar-refractivity contribution in [2.24, 2.45) is 0 Å². The minimum Gasteiger partial charge on any atom is -0.368 e. The minimum absolute atomic E-state index is 0.681. The molecule has 0 spiro atoms. The van der Waals surface area contributed by atoms with Crippen molar-refractivity contribution in [3.63, 3.8) is 0 Å². The summed E-state index contributed by atoms with van der Waals surface area (Å²) in [4.78, 5) is 6.36. The maximum atomic E-state index is 9.31. The summed E-state index contributed by atoms with van der Waals surface area (Å²) in [5, 5.41) is 12.4. The van der Waals surface area contributed by atoms with E-state index in [9.17, 15) is 5.26 Å². The molecule has 1 N–H and O–H groups in total. The third-order valence-corrected chi connectivity index (χ3v) is 3.10. The highest BCUT2D eigenvalue weighted by Crippen LogP contribution is 2.21. The molecule has 0 aliphatic carbocycles. The van der Waals surface area contributed by atoms with Crippen LogP contribution in [0.2, 0.25) is 0 Å². The molecular formula is C16H18N4. The van der Waals surface area contributed by atoms with Gasteiger partial charge >= 0.3 is 0 Å². The van der Waals surface area contributed by atoms with Crippen molar-refractivity contribution in [1.29, 1.82) is 5.26 Å². The molecule has 1 aromatic carbocycles. The predicted molar refractivity (Wildman–Crippen MR) is 80.3 cm³/mol. The Kier molecular flexibility index (Phi) is 4.70. The van der Waals surface area contributed by atoms with E-state index in [1.807, 2.05) is 55.4 Å². The molecule has 0 aliphatic heterocycles. The molecule has 0 saturated heterocycles. The van der Waals surface area contributed by atoms with Crippen LogP contribution in [0.25, 0.3) is 0 Å². The van der Waals surface area contributed by atoms with E-state index in [1.54, 1.807) is 6.20 Å². The van der Waals surface area contributed by atoms with Gasteiger partial charge in [-0.3, -0.25) is 4.98 Å². The second kappa shape index (κ2) is 6.69. The Hall–Kier alpha value is -2.38. The summed E-state index contributed by atoms with van der Waals surface area (Å²) in [6.45, 7) is 1.44. The van der Waals surface area contributed by atoms with Crippen molar-refractivity contribution in [2.45, 2.75) is 13.1 Å². The van der Waals surface area contributed by atoms with Crippen LogP contribution >= 0.6 is 0 Å². The van der Waals surface area contributed by atoms with Gasteiger partial charge in [0.15, 0.2) is 0 Å². The van der Waals surface area contributed by atoms with Crippen LogP contribution < -0.4 is 10.2 Å². The van der Waals surface area contributed by atoms with E-state index in [1.165, 1.54) is 0 Å². The molecule has 0 bridgehead atoms. The van der Waals surface area contributed by atoms with Gasteiger partial charge in [0.1, 0.15) is 6.07 Å². The number of hydrogen-bond acceptors (Lipinski definition) is 4. The van der Waals surface area contributed by atoms with Crippen LogP contribution in [-0.2, 0) is 13.1 Å². The largest absolute Gasteiger partial charge is 0.368 e. The van der Waals surface area contributed by atoms with Gasteiger partial charge in [-0.05, 0) is 36.9 Å². The molecular weight excluding hydrogens is 248 g/mol. The molecule has 0 amide bonds. The third-order valence-electron chi connectivity index (χ3n) is 3.10. The summed E-state index contributed by atoms with van der Waals surface area (Å²) < 4.78 is 0. The fourth-order valence-electron chi connectivity index (χ4n) is 2.14. The highest BCUT2D eigenvalue weighted by Gasteiger charge is 2.09. The van der Waals surface area contributed by atoms with Gasteiger partial charge in [0.05, 0.1) is 23.5 Å². The van der Waals surface area contributed by atoms with Crippen molar-refractivity contribution in [1.82, 2.24) is 10.3 Å². The molecule has 2 aromatic rings. The second-order valence-corrected chi connectivity index (χ2v) is 4.67. The molecule has 1 heterocycles. The van der Waals surface area contributed by atoms with Gasteiger partial charge in [0.2, 0.25) is 0 Å². The maximum absolute atomic E-state index is 9.31. The fraction of sp³-hybridized carbons (Fsp3) is 0.250. The molecule has 0 radical (unpaired) electrons. The summed E-state index contributed by atoms with van der Waals surface area (Å²) >= 11 is 0. The average Bonchev–Trinajstić information content (AvgIpc) is 2.48. The number of hydrogen-bond donors (Lipinski definition) is 1. The highest BCUT2D eigenvalue weighted by atomic mass is 15.1. The van der Waals surface area contributed by atoms with Crippen LogP contribution in [0.4, 0.5) is 5.69 Å². The zero-order valence-electron chi connectivity index (χ0n) is 11.8. The number of pyridine rings is 1. The summed E-state index contributed by atoms with van der Waals surface area (Å²) in [5.74, 6) is 0. The molecule has 0 aliphatic rings. The lowest BCUT2D eigenvalue weighted by Gasteiger charge is -2.20. The molecule has 4 nitrogen and oxygen atoms in total. The van der Waals surface area contributed by atoms with E-state index in [0.717, 1.165) is 23.5 Å². The number of nitriles is 1. The average molecular weight is 266 g/mol. The van der Waals surface area contributed by atoms with Gasteiger partial charge in [0.25, 0.3) is 0 Å². The SMILES string of the molecule is CNCc1ccc(N(C)Cc2ccccn2)c(C#N)c1. The van der Waals surface area contributed by atoms with Crippen molar-refractivity contribution >= 4 is 5.69 Å². The fourth-order valence-corrected chi connectivity index (χ4v) is 2.14. The number of benzene rings is 1. The zero-order valence-corrected chi connectivity index (χ0v) is 11.8. The van der Waals surface area contributed by atoms with Crippen molar-refractivity contribution in [2.75, 3.05) is 19.0 Å². The molecule has 0 saturated carbocycles. The highest BCUT2D eigenvalue weighted by molar-refractivity contribution is 5.60. The Balaban J connectivity index is 2.21. The minimum atomic E-state index is 0.681. The normalized spacial score (nSPS) is 10.1. The standard InChI is InChI=1S/C16H18N4/c1-18-11-13-6-7-16(14(9-13)10-17)20(2)12-15-5-3-4-8-19-15/h3-9,18H,11-12H2,1-2H3. The van der Waals surface area contributed by atoms with E-state index < -0.39 is 0 Å². The van der Waals surface area contributed by atoms with Gasteiger partial charge in [-0.15, -0.1) is 0 Å². The Morgan fingerprint density at radius 2 is 2.15 bits per heavy atom. The van der Waals surface area contributed by atoms with Gasteiger partial charge in [-0.2, -0.15) is 5.26 Å². The summed E-state index contributed by atoms with van der Waals surface area (Å²) in [7, 11) is 3.87. The lowest BCUT2D eigenvalue weighted by Crippen LogP contribution is -2.18. The first-order valence-electron chi connectivity index (χ1n) is 6.53. The predicted octanol–water partition coefficient (Wildman–Crippen LogP) is 2.31. The van der Waals surface area contributed by atoms with E-state index in [-0.39, 0.29) is 0 Å². The van der Waals surface area contributed by atoms with Crippen molar-refractivity contribution in [3.8, 4) is 6.07 Å². The van der Waals surface area contributed by atoms with E-state index in [0.29, 0.717) is 12.1 Å². The molecule has 2 rings (SSSR count). The number of nitrogens with one attached hydrogen (secondary N) is 1.